The van der Waals surface area contributed by atoms with Crippen LogP contribution < -0.4 is 4.74 Å². The molecule has 0 spiro atoms. The van der Waals surface area contributed by atoms with Gasteiger partial charge in [-0.3, -0.25) is 0 Å². The number of esters is 1. The van der Waals surface area contributed by atoms with Gasteiger partial charge < -0.3 is 14.0 Å². The van der Waals surface area contributed by atoms with E-state index in [9.17, 15) is 9.00 Å². The number of ether oxygens (including phenoxy) is 2. The Morgan fingerprint density at radius 3 is 2.53 bits per heavy atom. The third-order valence-corrected chi connectivity index (χ3v) is 2.44. The predicted molar refractivity (Wildman–Crippen MR) is 53.4 cm³/mol. The Morgan fingerprint density at radius 2 is 2.07 bits per heavy atom. The molecule has 0 amide bonds. The van der Waals surface area contributed by atoms with Crippen molar-refractivity contribution >= 4 is 17.0 Å². The van der Waals surface area contributed by atoms with Crippen LogP contribution in [0.1, 0.15) is 10.4 Å². The van der Waals surface area contributed by atoms with Gasteiger partial charge in [0.2, 0.25) is 0 Å². The van der Waals surface area contributed by atoms with Crippen LogP contribution in [-0.2, 0) is 15.8 Å². The lowest BCUT2D eigenvalue weighted by molar-refractivity contribution is 0.0597. The molecule has 0 heterocycles. The fourth-order valence-electron chi connectivity index (χ4n) is 1.06. The van der Waals surface area contributed by atoms with Crippen molar-refractivity contribution in [3.05, 3.63) is 23.8 Å². The standard InChI is InChI=1S/C9H10O5S/c1-13-8-5-6(15(11)12)3-4-7(8)9(10)14-2/h3-5H,1-2H3,(H,11,12). The van der Waals surface area contributed by atoms with Gasteiger partial charge in [0, 0.05) is 0 Å². The highest BCUT2D eigenvalue weighted by Crippen LogP contribution is 2.22. The van der Waals surface area contributed by atoms with Crippen LogP contribution in [-0.4, -0.2) is 29.0 Å². The van der Waals surface area contributed by atoms with Gasteiger partial charge in [-0.25, -0.2) is 9.00 Å². The first-order chi connectivity index (χ1) is 7.10. The molecule has 0 bridgehead atoms. The summed E-state index contributed by atoms with van der Waals surface area (Å²) >= 11 is -2.10. The Morgan fingerprint density at radius 1 is 1.40 bits per heavy atom. The molecule has 1 atom stereocenters. The zero-order valence-electron chi connectivity index (χ0n) is 8.22. The van der Waals surface area contributed by atoms with Crippen molar-refractivity contribution in [2.45, 2.75) is 4.90 Å². The van der Waals surface area contributed by atoms with Gasteiger partial charge in [0.15, 0.2) is 11.1 Å². The highest BCUT2D eigenvalue weighted by atomic mass is 32.2. The van der Waals surface area contributed by atoms with E-state index in [1.165, 1.54) is 32.4 Å². The molecular formula is C9H10O5S. The highest BCUT2D eigenvalue weighted by molar-refractivity contribution is 7.79. The average molecular weight is 230 g/mol. The second-order valence-electron chi connectivity index (χ2n) is 2.60. The maximum absolute atomic E-state index is 11.2. The van der Waals surface area contributed by atoms with Crippen molar-refractivity contribution in [1.82, 2.24) is 0 Å². The van der Waals surface area contributed by atoms with Crippen molar-refractivity contribution < 1.29 is 23.0 Å². The summed E-state index contributed by atoms with van der Waals surface area (Å²) in [4.78, 5) is 11.4. The van der Waals surface area contributed by atoms with Gasteiger partial charge in [-0.05, 0) is 18.2 Å². The van der Waals surface area contributed by atoms with Crippen molar-refractivity contribution in [1.29, 1.82) is 0 Å². The van der Waals surface area contributed by atoms with Crippen LogP contribution in [0.3, 0.4) is 0 Å². The molecule has 0 aromatic heterocycles. The Hall–Kier alpha value is -1.40. The second kappa shape index (κ2) is 4.90. The SMILES string of the molecule is COC(=O)c1ccc(S(=O)O)cc1OC. The number of carbonyl (C=O) groups is 1. The molecule has 0 fully saturated rings. The smallest absolute Gasteiger partial charge is 0.341 e. The molecule has 1 N–H and O–H groups in total. The highest BCUT2D eigenvalue weighted by Gasteiger charge is 2.14. The summed E-state index contributed by atoms with van der Waals surface area (Å²) in [5.41, 5.74) is 0.217. The van der Waals surface area contributed by atoms with E-state index in [1.807, 2.05) is 0 Å². The third kappa shape index (κ3) is 2.54. The number of hydrogen-bond acceptors (Lipinski definition) is 4. The first-order valence-electron chi connectivity index (χ1n) is 3.97. The molecule has 15 heavy (non-hydrogen) atoms. The first kappa shape index (κ1) is 11.7. The number of benzene rings is 1. The van der Waals surface area contributed by atoms with E-state index in [-0.39, 0.29) is 16.2 Å². The topological polar surface area (TPSA) is 72.8 Å². The number of rotatable bonds is 3. The molecule has 1 aromatic rings. The molecule has 0 aliphatic carbocycles. The molecule has 0 aliphatic heterocycles. The van der Waals surface area contributed by atoms with Crippen LogP contribution in [0, 0.1) is 0 Å². The van der Waals surface area contributed by atoms with E-state index in [1.54, 1.807) is 0 Å². The molecule has 0 saturated heterocycles. The average Bonchev–Trinajstić information content (AvgIpc) is 2.27. The van der Waals surface area contributed by atoms with Gasteiger partial charge >= 0.3 is 5.97 Å². The predicted octanol–water partition coefficient (Wildman–Crippen LogP) is 1.06. The van der Waals surface area contributed by atoms with Crippen LogP contribution in [0.15, 0.2) is 23.1 Å². The quantitative estimate of drug-likeness (QED) is 0.621. The summed E-state index contributed by atoms with van der Waals surface area (Å²) in [7, 11) is 2.62. The van der Waals surface area contributed by atoms with Crippen LogP contribution in [0.2, 0.25) is 0 Å². The van der Waals surface area contributed by atoms with E-state index < -0.39 is 17.0 Å². The molecular weight excluding hydrogens is 220 g/mol. The zero-order chi connectivity index (χ0) is 11.4. The molecule has 1 unspecified atom stereocenters. The van der Waals surface area contributed by atoms with Crippen LogP contribution >= 0.6 is 0 Å². The fraction of sp³-hybridized carbons (Fsp3) is 0.222. The monoisotopic (exact) mass is 230 g/mol. The van der Waals surface area contributed by atoms with E-state index >= 15 is 0 Å². The number of methoxy groups -OCH3 is 2. The summed E-state index contributed by atoms with van der Waals surface area (Å²) in [6, 6.07) is 4.07. The molecule has 5 nitrogen and oxygen atoms in total. The van der Waals surface area contributed by atoms with E-state index in [4.69, 9.17) is 9.29 Å². The van der Waals surface area contributed by atoms with Crippen molar-refractivity contribution in [3.63, 3.8) is 0 Å². The summed E-state index contributed by atoms with van der Waals surface area (Å²) in [5.74, 6) is -0.344. The molecule has 6 heteroatoms. The normalized spacial score (nSPS) is 11.9. The maximum Gasteiger partial charge on any atom is 0.341 e. The maximum atomic E-state index is 11.2. The number of carbonyl (C=O) groups excluding carboxylic acids is 1. The number of hydrogen-bond donors (Lipinski definition) is 1. The van der Waals surface area contributed by atoms with Crippen LogP contribution in [0.25, 0.3) is 0 Å². The van der Waals surface area contributed by atoms with E-state index in [0.717, 1.165) is 0 Å². The van der Waals surface area contributed by atoms with E-state index in [2.05, 4.69) is 4.74 Å². The summed E-state index contributed by atoms with van der Waals surface area (Å²) in [6.45, 7) is 0. The first-order valence-corrected chi connectivity index (χ1v) is 5.08. The minimum Gasteiger partial charge on any atom is -0.496 e. The molecule has 82 valence electrons. The molecule has 1 aromatic carbocycles. The Labute approximate surface area is 89.3 Å². The van der Waals surface area contributed by atoms with Gasteiger partial charge in [0.05, 0.1) is 19.1 Å². The lowest BCUT2D eigenvalue weighted by Crippen LogP contribution is -2.04. The lowest BCUT2D eigenvalue weighted by atomic mass is 10.2. The summed E-state index contributed by atoms with van der Waals surface area (Å²) in [5, 5.41) is 0. The molecule has 0 saturated carbocycles. The zero-order valence-corrected chi connectivity index (χ0v) is 9.04. The minimum atomic E-state index is -2.10. The van der Waals surface area contributed by atoms with Crippen molar-refractivity contribution in [2.75, 3.05) is 14.2 Å². The van der Waals surface area contributed by atoms with Gasteiger partial charge in [0.1, 0.15) is 11.3 Å². The summed E-state index contributed by atoms with van der Waals surface area (Å²) < 4.78 is 29.0. The lowest BCUT2D eigenvalue weighted by Gasteiger charge is -2.07. The molecule has 1 rings (SSSR count). The molecule has 0 radical (unpaired) electrons. The van der Waals surface area contributed by atoms with E-state index in [0.29, 0.717) is 0 Å². The minimum absolute atomic E-state index is 0.166. The van der Waals surface area contributed by atoms with Gasteiger partial charge in [0.25, 0.3) is 0 Å². The fourth-order valence-corrected chi connectivity index (χ4v) is 1.45. The van der Waals surface area contributed by atoms with Crippen LogP contribution in [0.5, 0.6) is 5.75 Å². The largest absolute Gasteiger partial charge is 0.496 e. The van der Waals surface area contributed by atoms with Crippen LogP contribution in [0.4, 0.5) is 0 Å². The van der Waals surface area contributed by atoms with Crippen molar-refractivity contribution in [2.24, 2.45) is 0 Å². The Kier molecular flexibility index (Phi) is 3.81. The van der Waals surface area contributed by atoms with Crippen molar-refractivity contribution in [3.8, 4) is 5.75 Å². The third-order valence-electron chi connectivity index (χ3n) is 1.78. The second-order valence-corrected chi connectivity index (χ2v) is 3.57. The summed E-state index contributed by atoms with van der Waals surface area (Å²) in [6.07, 6.45) is 0. The Balaban J connectivity index is 3.20. The van der Waals surface area contributed by atoms with Gasteiger partial charge in [-0.15, -0.1) is 0 Å². The Bertz CT molecular complexity index is 401. The van der Waals surface area contributed by atoms with Gasteiger partial charge in [-0.2, -0.15) is 0 Å². The molecule has 0 aliphatic rings. The van der Waals surface area contributed by atoms with Gasteiger partial charge in [-0.1, -0.05) is 0 Å².